The minimum atomic E-state index is -0.263. The van der Waals surface area contributed by atoms with Crippen LogP contribution in [0.3, 0.4) is 0 Å². The topological polar surface area (TPSA) is 53.6 Å². The maximum absolute atomic E-state index is 12.5. The summed E-state index contributed by atoms with van der Waals surface area (Å²) in [6, 6.07) is 8.88. The molecule has 5 heteroatoms. The second kappa shape index (κ2) is 9.49. The minimum absolute atomic E-state index is 0.0210. The SMILES string of the molecule is C[C@H]1OCCN[C@@H]1C(=O)NCc1ccccc1CN(C)C1CCCCC1. The molecule has 0 bridgehead atoms. The van der Waals surface area contributed by atoms with Crippen molar-refractivity contribution in [3.05, 3.63) is 35.4 Å². The highest BCUT2D eigenvalue weighted by atomic mass is 16.5. The number of hydrogen-bond donors (Lipinski definition) is 2. The molecule has 0 radical (unpaired) electrons. The van der Waals surface area contributed by atoms with Crippen LogP contribution in [0.5, 0.6) is 0 Å². The first kappa shape index (κ1) is 19.3. The van der Waals surface area contributed by atoms with E-state index in [2.05, 4.69) is 46.8 Å². The van der Waals surface area contributed by atoms with Crippen LogP contribution in [0.15, 0.2) is 24.3 Å². The Balaban J connectivity index is 1.57. The van der Waals surface area contributed by atoms with Crippen molar-refractivity contribution >= 4 is 5.91 Å². The molecule has 1 aliphatic heterocycles. The van der Waals surface area contributed by atoms with Crippen LogP contribution in [0.1, 0.15) is 50.2 Å². The van der Waals surface area contributed by atoms with Crippen LogP contribution in [-0.2, 0) is 22.6 Å². The molecule has 1 aromatic rings. The van der Waals surface area contributed by atoms with E-state index in [0.29, 0.717) is 19.2 Å². The van der Waals surface area contributed by atoms with Crippen molar-refractivity contribution in [2.45, 2.75) is 70.3 Å². The van der Waals surface area contributed by atoms with E-state index < -0.39 is 0 Å². The fourth-order valence-electron chi connectivity index (χ4n) is 4.12. The molecule has 1 aliphatic carbocycles. The molecule has 2 fully saturated rings. The molecule has 1 aromatic carbocycles. The smallest absolute Gasteiger partial charge is 0.240 e. The summed E-state index contributed by atoms with van der Waals surface area (Å²) in [6.07, 6.45) is 6.60. The number of nitrogens with zero attached hydrogens (tertiary/aromatic N) is 1. The number of nitrogens with one attached hydrogen (secondary N) is 2. The number of hydrogen-bond acceptors (Lipinski definition) is 4. The second-order valence-corrected chi connectivity index (χ2v) is 7.70. The number of carbonyl (C=O) groups is 1. The Morgan fingerprint density at radius 2 is 1.96 bits per heavy atom. The van der Waals surface area contributed by atoms with Crippen molar-refractivity contribution in [2.24, 2.45) is 0 Å². The zero-order chi connectivity index (χ0) is 18.4. The van der Waals surface area contributed by atoms with Gasteiger partial charge in [-0.25, -0.2) is 0 Å². The summed E-state index contributed by atoms with van der Waals surface area (Å²) >= 11 is 0. The highest BCUT2D eigenvalue weighted by molar-refractivity contribution is 5.82. The maximum Gasteiger partial charge on any atom is 0.240 e. The van der Waals surface area contributed by atoms with Gasteiger partial charge in [-0.15, -0.1) is 0 Å². The molecule has 26 heavy (non-hydrogen) atoms. The van der Waals surface area contributed by atoms with Crippen LogP contribution >= 0.6 is 0 Å². The van der Waals surface area contributed by atoms with E-state index in [-0.39, 0.29) is 18.1 Å². The van der Waals surface area contributed by atoms with E-state index in [1.807, 2.05) is 6.92 Å². The summed E-state index contributed by atoms with van der Waals surface area (Å²) in [5, 5.41) is 6.34. The van der Waals surface area contributed by atoms with Gasteiger partial charge in [0.2, 0.25) is 5.91 Å². The van der Waals surface area contributed by atoms with Crippen LogP contribution in [0.4, 0.5) is 0 Å². The lowest BCUT2D eigenvalue weighted by molar-refractivity contribution is -0.129. The highest BCUT2D eigenvalue weighted by Crippen LogP contribution is 2.23. The average Bonchev–Trinajstić information content (AvgIpc) is 2.68. The molecule has 1 saturated heterocycles. The molecule has 1 saturated carbocycles. The number of morpholine rings is 1. The number of ether oxygens (including phenoxy) is 1. The van der Waals surface area contributed by atoms with Crippen molar-refractivity contribution in [3.63, 3.8) is 0 Å². The Kier molecular flexibility index (Phi) is 7.06. The third-order valence-corrected chi connectivity index (χ3v) is 5.79. The molecule has 144 valence electrons. The van der Waals surface area contributed by atoms with E-state index in [1.165, 1.54) is 43.2 Å². The zero-order valence-corrected chi connectivity index (χ0v) is 16.2. The van der Waals surface area contributed by atoms with E-state index in [4.69, 9.17) is 4.74 Å². The quantitative estimate of drug-likeness (QED) is 0.819. The van der Waals surface area contributed by atoms with Gasteiger partial charge in [-0.3, -0.25) is 9.69 Å². The van der Waals surface area contributed by atoms with Gasteiger partial charge >= 0.3 is 0 Å². The second-order valence-electron chi connectivity index (χ2n) is 7.70. The normalized spacial score (nSPS) is 24.6. The van der Waals surface area contributed by atoms with E-state index in [0.717, 1.165) is 13.1 Å². The Hall–Kier alpha value is -1.43. The lowest BCUT2D eigenvalue weighted by Crippen LogP contribution is -2.55. The van der Waals surface area contributed by atoms with Crippen LogP contribution in [0, 0.1) is 0 Å². The monoisotopic (exact) mass is 359 g/mol. The van der Waals surface area contributed by atoms with Gasteiger partial charge in [-0.05, 0) is 37.9 Å². The number of amides is 1. The van der Waals surface area contributed by atoms with Gasteiger partial charge in [0.1, 0.15) is 6.04 Å². The van der Waals surface area contributed by atoms with Crippen molar-refractivity contribution in [3.8, 4) is 0 Å². The van der Waals surface area contributed by atoms with Gasteiger partial charge < -0.3 is 15.4 Å². The average molecular weight is 360 g/mol. The molecule has 2 N–H and O–H groups in total. The molecular formula is C21H33N3O2. The summed E-state index contributed by atoms with van der Waals surface area (Å²) < 4.78 is 5.58. The van der Waals surface area contributed by atoms with Gasteiger partial charge in [-0.2, -0.15) is 0 Å². The van der Waals surface area contributed by atoms with Crippen LogP contribution in [0.2, 0.25) is 0 Å². The molecular weight excluding hydrogens is 326 g/mol. The lowest BCUT2D eigenvalue weighted by atomic mass is 9.94. The number of benzene rings is 1. The summed E-state index contributed by atoms with van der Waals surface area (Å²) in [6.45, 7) is 4.85. The first-order valence-electron chi connectivity index (χ1n) is 10.0. The van der Waals surface area contributed by atoms with Gasteiger partial charge in [0.05, 0.1) is 12.7 Å². The molecule has 0 aromatic heterocycles. The molecule has 0 unspecified atom stereocenters. The molecule has 1 amide bonds. The summed E-state index contributed by atoms with van der Waals surface area (Å²) in [5.41, 5.74) is 2.51. The third-order valence-electron chi connectivity index (χ3n) is 5.79. The van der Waals surface area contributed by atoms with E-state index in [9.17, 15) is 4.79 Å². The van der Waals surface area contributed by atoms with Crippen LogP contribution in [0.25, 0.3) is 0 Å². The molecule has 1 heterocycles. The Morgan fingerprint density at radius 1 is 1.23 bits per heavy atom. The fourth-order valence-corrected chi connectivity index (χ4v) is 4.12. The third kappa shape index (κ3) is 5.06. The Bertz CT molecular complexity index is 586. The van der Waals surface area contributed by atoms with Crippen molar-refractivity contribution in [1.82, 2.24) is 15.5 Å². The fraction of sp³-hybridized carbons (Fsp3) is 0.667. The Morgan fingerprint density at radius 3 is 2.69 bits per heavy atom. The molecule has 3 rings (SSSR count). The summed E-state index contributed by atoms with van der Waals surface area (Å²) in [5.74, 6) is 0.0210. The van der Waals surface area contributed by atoms with Crippen LogP contribution in [-0.4, -0.2) is 49.2 Å². The number of carbonyl (C=O) groups excluding carboxylic acids is 1. The zero-order valence-electron chi connectivity index (χ0n) is 16.2. The van der Waals surface area contributed by atoms with Crippen molar-refractivity contribution in [1.29, 1.82) is 0 Å². The highest BCUT2D eigenvalue weighted by Gasteiger charge is 2.28. The minimum Gasteiger partial charge on any atom is -0.375 e. The summed E-state index contributed by atoms with van der Waals surface area (Å²) in [4.78, 5) is 15.0. The van der Waals surface area contributed by atoms with Crippen molar-refractivity contribution < 1.29 is 9.53 Å². The number of rotatable bonds is 6. The molecule has 5 nitrogen and oxygen atoms in total. The van der Waals surface area contributed by atoms with E-state index in [1.54, 1.807) is 0 Å². The van der Waals surface area contributed by atoms with Crippen molar-refractivity contribution in [2.75, 3.05) is 20.2 Å². The van der Waals surface area contributed by atoms with Gasteiger partial charge in [0, 0.05) is 25.7 Å². The van der Waals surface area contributed by atoms with Gasteiger partial charge in [0.15, 0.2) is 0 Å². The Labute approximate surface area is 157 Å². The van der Waals surface area contributed by atoms with Crippen LogP contribution < -0.4 is 10.6 Å². The largest absolute Gasteiger partial charge is 0.375 e. The first-order chi connectivity index (χ1) is 12.6. The van der Waals surface area contributed by atoms with Gasteiger partial charge in [-0.1, -0.05) is 43.5 Å². The standard InChI is InChI=1S/C21H33N3O2/c1-16-20(22-12-13-26-16)21(25)23-14-17-8-6-7-9-18(17)15-24(2)19-10-4-3-5-11-19/h6-9,16,19-20,22H,3-5,10-15H2,1-2H3,(H,23,25)/t16-,20+/m1/s1. The van der Waals surface area contributed by atoms with E-state index >= 15 is 0 Å². The molecule has 0 spiro atoms. The summed E-state index contributed by atoms with van der Waals surface area (Å²) in [7, 11) is 2.23. The predicted octanol–water partition coefficient (Wildman–Crippen LogP) is 2.44. The van der Waals surface area contributed by atoms with Gasteiger partial charge in [0.25, 0.3) is 0 Å². The lowest BCUT2D eigenvalue weighted by Gasteiger charge is -2.32. The molecule has 2 atom stereocenters. The molecule has 2 aliphatic rings. The predicted molar refractivity (Wildman–Crippen MR) is 104 cm³/mol. The first-order valence-corrected chi connectivity index (χ1v) is 10.0. The maximum atomic E-state index is 12.5.